The van der Waals surface area contributed by atoms with Crippen molar-refractivity contribution < 1.29 is 4.79 Å². The summed E-state index contributed by atoms with van der Waals surface area (Å²) >= 11 is 1.40. The summed E-state index contributed by atoms with van der Waals surface area (Å²) in [4.78, 5) is 12.4. The molecule has 7 heteroatoms. The zero-order valence-electron chi connectivity index (χ0n) is 12.9. The maximum absolute atomic E-state index is 12.4. The number of hydrogen-bond donors (Lipinski definition) is 1. The average Bonchev–Trinajstić information content (AvgIpc) is 3.23. The molecule has 6 nitrogen and oxygen atoms in total. The first-order chi connectivity index (χ1) is 10.6. The van der Waals surface area contributed by atoms with Crippen LogP contribution in [0.5, 0.6) is 0 Å². The van der Waals surface area contributed by atoms with E-state index < -0.39 is 0 Å². The minimum Gasteiger partial charge on any atom is -0.325 e. The van der Waals surface area contributed by atoms with E-state index in [9.17, 15) is 4.79 Å². The molecule has 116 valence electrons. The first kappa shape index (κ1) is 15.0. The van der Waals surface area contributed by atoms with Crippen molar-refractivity contribution in [3.8, 4) is 0 Å². The number of benzene rings is 1. The van der Waals surface area contributed by atoms with Gasteiger partial charge in [-0.25, -0.2) is 4.68 Å². The van der Waals surface area contributed by atoms with Crippen molar-refractivity contribution in [2.75, 3.05) is 5.32 Å². The number of aryl methyl sites for hydroxylation is 2. The molecule has 1 atom stereocenters. The van der Waals surface area contributed by atoms with Crippen LogP contribution < -0.4 is 5.32 Å². The molecule has 0 spiro atoms. The van der Waals surface area contributed by atoms with Crippen LogP contribution in [0.2, 0.25) is 0 Å². The smallest absolute Gasteiger partial charge is 0.237 e. The largest absolute Gasteiger partial charge is 0.325 e. The third-order valence-electron chi connectivity index (χ3n) is 3.74. The standard InChI is InChI=1S/C15H19N5OS/c1-9-5-4-6-10(2)13(9)16-14(21)11(3)22-15-17-18-19-20(15)12-7-8-12/h4-6,11-12H,7-8H2,1-3H3,(H,16,21). The zero-order chi connectivity index (χ0) is 15.7. The number of para-hydroxylation sites is 1. The first-order valence-corrected chi connectivity index (χ1v) is 8.26. The van der Waals surface area contributed by atoms with E-state index in [4.69, 9.17) is 0 Å². The van der Waals surface area contributed by atoms with E-state index in [1.54, 1.807) is 0 Å². The summed E-state index contributed by atoms with van der Waals surface area (Å²) in [5, 5.41) is 15.2. The number of amides is 1. The minimum absolute atomic E-state index is 0.0345. The van der Waals surface area contributed by atoms with Crippen molar-refractivity contribution >= 4 is 23.4 Å². The second-order valence-corrected chi connectivity index (χ2v) is 6.96. The van der Waals surface area contributed by atoms with Crippen molar-refractivity contribution in [2.45, 2.75) is 50.1 Å². The van der Waals surface area contributed by atoms with Gasteiger partial charge in [0.15, 0.2) is 0 Å². The molecule has 1 aromatic carbocycles. The molecular weight excluding hydrogens is 298 g/mol. The van der Waals surface area contributed by atoms with Gasteiger partial charge in [0, 0.05) is 5.69 Å². The van der Waals surface area contributed by atoms with Crippen LogP contribution in [0.4, 0.5) is 5.69 Å². The third-order valence-corrected chi connectivity index (χ3v) is 4.78. The summed E-state index contributed by atoms with van der Waals surface area (Å²) in [6.45, 7) is 5.86. The Labute approximate surface area is 133 Å². The van der Waals surface area contributed by atoms with Gasteiger partial charge in [0.25, 0.3) is 0 Å². The number of carbonyl (C=O) groups excluding carboxylic acids is 1. The van der Waals surface area contributed by atoms with Gasteiger partial charge >= 0.3 is 0 Å². The van der Waals surface area contributed by atoms with Gasteiger partial charge in [-0.15, -0.1) is 5.10 Å². The highest BCUT2D eigenvalue weighted by atomic mass is 32.2. The van der Waals surface area contributed by atoms with Crippen LogP contribution in [0.3, 0.4) is 0 Å². The Balaban J connectivity index is 1.68. The Hall–Kier alpha value is -1.89. The van der Waals surface area contributed by atoms with Gasteiger partial charge in [0.2, 0.25) is 11.1 Å². The summed E-state index contributed by atoms with van der Waals surface area (Å²) in [5.74, 6) is -0.0345. The fraction of sp³-hybridized carbons (Fsp3) is 0.467. The van der Waals surface area contributed by atoms with Crippen molar-refractivity contribution in [3.05, 3.63) is 29.3 Å². The summed E-state index contributed by atoms with van der Waals surface area (Å²) in [6.07, 6.45) is 2.23. The highest BCUT2D eigenvalue weighted by Crippen LogP contribution is 2.37. The SMILES string of the molecule is Cc1cccc(C)c1NC(=O)C(C)Sc1nnnn1C1CC1. The number of nitrogens with zero attached hydrogens (tertiary/aromatic N) is 4. The number of rotatable bonds is 5. The van der Waals surface area contributed by atoms with Crippen molar-refractivity contribution in [3.63, 3.8) is 0 Å². The maximum Gasteiger partial charge on any atom is 0.237 e. The quantitative estimate of drug-likeness (QED) is 0.858. The summed E-state index contributed by atoms with van der Waals surface area (Å²) in [5.41, 5.74) is 3.02. The van der Waals surface area contributed by atoms with Gasteiger partial charge in [-0.3, -0.25) is 4.79 Å². The number of hydrogen-bond acceptors (Lipinski definition) is 5. The third kappa shape index (κ3) is 3.14. The molecular formula is C15H19N5OS. The normalized spacial score (nSPS) is 15.6. The fourth-order valence-electron chi connectivity index (χ4n) is 2.26. The van der Waals surface area contributed by atoms with Crippen LogP contribution in [0.25, 0.3) is 0 Å². The number of carbonyl (C=O) groups is 1. The topological polar surface area (TPSA) is 72.7 Å². The molecule has 0 aliphatic heterocycles. The van der Waals surface area contributed by atoms with Gasteiger partial charge in [-0.1, -0.05) is 30.0 Å². The van der Waals surface area contributed by atoms with E-state index in [1.165, 1.54) is 11.8 Å². The fourth-order valence-corrected chi connectivity index (χ4v) is 3.12. The Morgan fingerprint density at radius 1 is 1.36 bits per heavy atom. The second kappa shape index (κ2) is 6.08. The lowest BCUT2D eigenvalue weighted by Crippen LogP contribution is -2.24. The average molecular weight is 317 g/mol. The summed E-state index contributed by atoms with van der Waals surface area (Å²) in [7, 11) is 0. The van der Waals surface area contributed by atoms with Crippen LogP contribution >= 0.6 is 11.8 Å². The zero-order valence-corrected chi connectivity index (χ0v) is 13.7. The molecule has 3 rings (SSSR count). The van der Waals surface area contributed by atoms with Gasteiger partial charge in [-0.05, 0) is 55.2 Å². The molecule has 1 aliphatic carbocycles. The van der Waals surface area contributed by atoms with E-state index >= 15 is 0 Å². The highest BCUT2D eigenvalue weighted by molar-refractivity contribution is 8.00. The van der Waals surface area contributed by atoms with Gasteiger partial charge in [0.05, 0.1) is 11.3 Å². The Bertz CT molecular complexity index is 675. The summed E-state index contributed by atoms with van der Waals surface area (Å²) in [6, 6.07) is 6.39. The number of anilines is 1. The molecule has 1 aliphatic rings. The van der Waals surface area contributed by atoms with Gasteiger partial charge < -0.3 is 5.32 Å². The molecule has 0 saturated heterocycles. The molecule has 0 bridgehead atoms. The van der Waals surface area contributed by atoms with Crippen LogP contribution in [-0.2, 0) is 4.79 Å². The van der Waals surface area contributed by atoms with Crippen LogP contribution in [0.1, 0.15) is 36.9 Å². The number of nitrogens with one attached hydrogen (secondary N) is 1. The lowest BCUT2D eigenvalue weighted by Gasteiger charge is -2.15. The van der Waals surface area contributed by atoms with Crippen molar-refractivity contribution in [2.24, 2.45) is 0 Å². The van der Waals surface area contributed by atoms with E-state index in [-0.39, 0.29) is 11.2 Å². The predicted molar refractivity (Wildman–Crippen MR) is 86.0 cm³/mol. The van der Waals surface area contributed by atoms with Gasteiger partial charge in [0.1, 0.15) is 0 Å². The lowest BCUT2D eigenvalue weighted by molar-refractivity contribution is -0.115. The lowest BCUT2D eigenvalue weighted by atomic mass is 10.1. The number of aromatic nitrogens is 4. The molecule has 1 unspecified atom stereocenters. The van der Waals surface area contributed by atoms with E-state index in [1.807, 2.05) is 43.7 Å². The first-order valence-electron chi connectivity index (χ1n) is 7.38. The van der Waals surface area contributed by atoms with Gasteiger partial charge in [-0.2, -0.15) is 0 Å². The molecule has 1 fully saturated rings. The highest BCUT2D eigenvalue weighted by Gasteiger charge is 2.29. The van der Waals surface area contributed by atoms with Crippen LogP contribution in [0.15, 0.2) is 23.4 Å². The Morgan fingerprint density at radius 3 is 2.68 bits per heavy atom. The summed E-state index contributed by atoms with van der Waals surface area (Å²) < 4.78 is 1.83. The van der Waals surface area contributed by atoms with E-state index in [0.29, 0.717) is 11.2 Å². The molecule has 1 amide bonds. The van der Waals surface area contributed by atoms with Crippen LogP contribution in [-0.4, -0.2) is 31.4 Å². The number of thioether (sulfide) groups is 1. The Morgan fingerprint density at radius 2 is 2.05 bits per heavy atom. The molecule has 1 N–H and O–H groups in total. The number of tetrazole rings is 1. The minimum atomic E-state index is -0.262. The van der Waals surface area contributed by atoms with E-state index in [2.05, 4.69) is 20.8 Å². The molecule has 1 aromatic heterocycles. The molecule has 1 heterocycles. The molecule has 22 heavy (non-hydrogen) atoms. The maximum atomic E-state index is 12.4. The monoisotopic (exact) mass is 317 g/mol. The second-order valence-electron chi connectivity index (χ2n) is 5.65. The van der Waals surface area contributed by atoms with Crippen LogP contribution in [0, 0.1) is 13.8 Å². The van der Waals surface area contributed by atoms with Crippen molar-refractivity contribution in [1.29, 1.82) is 0 Å². The Kier molecular flexibility index (Phi) is 4.15. The van der Waals surface area contributed by atoms with Crippen molar-refractivity contribution in [1.82, 2.24) is 20.2 Å². The predicted octanol–water partition coefficient (Wildman–Crippen LogP) is 2.74. The van der Waals surface area contributed by atoms with E-state index in [0.717, 1.165) is 29.7 Å². The molecule has 2 aromatic rings. The molecule has 0 radical (unpaired) electrons. The molecule has 1 saturated carbocycles.